The summed E-state index contributed by atoms with van der Waals surface area (Å²) in [5.74, 6) is -1.32. The van der Waals surface area contributed by atoms with Gasteiger partial charge in [0, 0.05) is 17.2 Å². The molecule has 0 bridgehead atoms. The van der Waals surface area contributed by atoms with E-state index in [9.17, 15) is 24.9 Å². The standard InChI is InChI=1S/C25H37ClO7/c1-5-15(2)22(30)33-14-25-19(7-6-8-24(25,31)13-26)23(4,16(3)9-20(25)28)11-18(27)17-10-21(29)32-12-17/h5,10,16,18-20,27-28,31H,6-9,11-14H2,1-4H3/b15-5+/t16-,18+,19-,20+,23+,24+,25+/m1/s1. The van der Waals surface area contributed by atoms with Crippen LogP contribution in [0.25, 0.3) is 0 Å². The normalized spacial score (nSPS) is 40.0. The molecule has 1 heterocycles. The molecule has 0 aromatic carbocycles. The number of alkyl halides is 1. The van der Waals surface area contributed by atoms with Crippen LogP contribution in [-0.4, -0.2) is 64.2 Å². The van der Waals surface area contributed by atoms with Crippen molar-refractivity contribution in [3.8, 4) is 0 Å². The number of halogens is 1. The zero-order valence-corrected chi connectivity index (χ0v) is 20.7. The molecule has 0 aromatic heterocycles. The number of carbonyl (C=O) groups is 2. The minimum Gasteiger partial charge on any atom is -0.462 e. The summed E-state index contributed by atoms with van der Waals surface area (Å²) in [6.45, 7) is 7.40. The number of esters is 2. The number of allylic oxidation sites excluding steroid dienone is 1. The highest BCUT2D eigenvalue weighted by atomic mass is 35.5. The molecule has 0 aromatic rings. The van der Waals surface area contributed by atoms with Gasteiger partial charge in [-0.1, -0.05) is 26.3 Å². The molecule has 186 valence electrons. The van der Waals surface area contributed by atoms with Crippen LogP contribution >= 0.6 is 11.6 Å². The van der Waals surface area contributed by atoms with E-state index in [0.29, 0.717) is 43.3 Å². The molecule has 8 heteroatoms. The summed E-state index contributed by atoms with van der Waals surface area (Å²) in [5, 5.41) is 34.2. The highest BCUT2D eigenvalue weighted by molar-refractivity contribution is 6.18. The molecule has 7 atom stereocenters. The van der Waals surface area contributed by atoms with Gasteiger partial charge in [0.2, 0.25) is 0 Å². The third kappa shape index (κ3) is 4.38. The number of aliphatic hydroxyl groups is 3. The van der Waals surface area contributed by atoms with Crippen molar-refractivity contribution in [3.63, 3.8) is 0 Å². The molecule has 3 rings (SSSR count). The summed E-state index contributed by atoms with van der Waals surface area (Å²) in [6, 6.07) is 0. The Morgan fingerprint density at radius 3 is 2.73 bits per heavy atom. The first-order valence-corrected chi connectivity index (χ1v) is 12.3. The first kappa shape index (κ1) is 26.2. The van der Waals surface area contributed by atoms with Gasteiger partial charge in [-0.3, -0.25) is 0 Å². The first-order chi connectivity index (χ1) is 15.4. The van der Waals surface area contributed by atoms with Gasteiger partial charge in [0.15, 0.2) is 0 Å². The molecule has 3 N–H and O–H groups in total. The Morgan fingerprint density at radius 1 is 1.45 bits per heavy atom. The van der Waals surface area contributed by atoms with Crippen LogP contribution in [0.5, 0.6) is 0 Å². The molecule has 2 aliphatic carbocycles. The molecule has 3 aliphatic rings. The van der Waals surface area contributed by atoms with Crippen molar-refractivity contribution in [3.05, 3.63) is 23.3 Å². The minimum atomic E-state index is -1.43. The second-order valence-electron chi connectivity index (χ2n) is 10.4. The molecule has 33 heavy (non-hydrogen) atoms. The van der Waals surface area contributed by atoms with Gasteiger partial charge in [0.05, 0.1) is 29.1 Å². The lowest BCUT2D eigenvalue weighted by Gasteiger charge is -2.65. The summed E-state index contributed by atoms with van der Waals surface area (Å²) in [5.41, 5.74) is -2.15. The Balaban J connectivity index is 2.02. The number of rotatable bonds is 7. The molecule has 2 fully saturated rings. The number of cyclic esters (lactones) is 1. The van der Waals surface area contributed by atoms with Crippen LogP contribution in [0.4, 0.5) is 0 Å². The highest BCUT2D eigenvalue weighted by Crippen LogP contribution is 2.65. The van der Waals surface area contributed by atoms with Crippen LogP contribution in [0.15, 0.2) is 23.3 Å². The van der Waals surface area contributed by atoms with Gasteiger partial charge in [-0.15, -0.1) is 11.6 Å². The molecule has 7 nitrogen and oxygen atoms in total. The molecular weight excluding hydrogens is 448 g/mol. The van der Waals surface area contributed by atoms with Crippen LogP contribution in [0, 0.1) is 22.7 Å². The van der Waals surface area contributed by atoms with Gasteiger partial charge in [-0.25, -0.2) is 9.59 Å². The van der Waals surface area contributed by atoms with E-state index in [1.807, 2.05) is 6.92 Å². The number of hydrogen-bond acceptors (Lipinski definition) is 7. The molecule has 0 amide bonds. The van der Waals surface area contributed by atoms with Crippen LogP contribution in [0.2, 0.25) is 0 Å². The van der Waals surface area contributed by atoms with Gasteiger partial charge in [-0.2, -0.15) is 0 Å². The summed E-state index contributed by atoms with van der Waals surface area (Å²) < 4.78 is 10.7. The lowest BCUT2D eigenvalue weighted by Crippen LogP contribution is -2.71. The van der Waals surface area contributed by atoms with Crippen molar-refractivity contribution in [1.29, 1.82) is 0 Å². The van der Waals surface area contributed by atoms with Crippen molar-refractivity contribution < 1.29 is 34.4 Å². The predicted molar refractivity (Wildman–Crippen MR) is 123 cm³/mol. The largest absolute Gasteiger partial charge is 0.462 e. The van der Waals surface area contributed by atoms with Gasteiger partial charge in [0.25, 0.3) is 0 Å². The predicted octanol–water partition coefficient (Wildman–Crippen LogP) is 2.89. The maximum absolute atomic E-state index is 12.5. The Bertz CT molecular complexity index is 839. The monoisotopic (exact) mass is 484 g/mol. The molecule has 0 radical (unpaired) electrons. The lowest BCUT2D eigenvalue weighted by atomic mass is 9.42. The maximum atomic E-state index is 12.5. The zero-order chi connectivity index (χ0) is 24.6. The zero-order valence-electron chi connectivity index (χ0n) is 20.0. The van der Waals surface area contributed by atoms with Crippen LogP contribution in [0.3, 0.4) is 0 Å². The van der Waals surface area contributed by atoms with Gasteiger partial charge < -0.3 is 24.8 Å². The van der Waals surface area contributed by atoms with E-state index >= 15 is 0 Å². The van der Waals surface area contributed by atoms with Crippen molar-refractivity contribution in [1.82, 2.24) is 0 Å². The van der Waals surface area contributed by atoms with Crippen LogP contribution in [-0.2, 0) is 19.1 Å². The van der Waals surface area contributed by atoms with Gasteiger partial charge in [-0.05, 0) is 56.8 Å². The van der Waals surface area contributed by atoms with E-state index in [-0.39, 0.29) is 30.9 Å². The van der Waals surface area contributed by atoms with Crippen LogP contribution < -0.4 is 0 Å². The number of aliphatic hydroxyl groups excluding tert-OH is 2. The molecule has 0 saturated heterocycles. The SMILES string of the molecule is C/C=C(\C)C(=O)OC[C@@]12[C@H](CCC[C@]1(O)CCl)[C@@](C)(C[C@H](O)C1=CC(=O)OC1)[C@H](C)C[C@@H]2O. The Kier molecular flexibility index (Phi) is 7.69. The van der Waals surface area contributed by atoms with E-state index in [1.54, 1.807) is 19.9 Å². The van der Waals surface area contributed by atoms with E-state index in [1.165, 1.54) is 6.08 Å². The molecule has 1 aliphatic heterocycles. The summed E-state index contributed by atoms with van der Waals surface area (Å²) in [7, 11) is 0. The fourth-order valence-corrected chi connectivity index (χ4v) is 6.83. The van der Waals surface area contributed by atoms with Crippen molar-refractivity contribution >= 4 is 23.5 Å². The molecular formula is C25H37ClO7. The number of fused-ring (bicyclic) bond motifs is 1. The van der Waals surface area contributed by atoms with E-state index in [4.69, 9.17) is 21.1 Å². The quantitative estimate of drug-likeness (QED) is 0.289. The summed E-state index contributed by atoms with van der Waals surface area (Å²) >= 11 is 6.33. The topological polar surface area (TPSA) is 113 Å². The Labute approximate surface area is 200 Å². The van der Waals surface area contributed by atoms with Crippen molar-refractivity contribution in [2.75, 3.05) is 19.1 Å². The lowest BCUT2D eigenvalue weighted by molar-refractivity contribution is -0.265. The second kappa shape index (κ2) is 9.68. The fraction of sp³-hybridized carbons (Fsp3) is 0.760. The average Bonchev–Trinajstić information content (AvgIpc) is 3.22. The van der Waals surface area contributed by atoms with Crippen molar-refractivity contribution in [2.24, 2.45) is 22.7 Å². The Morgan fingerprint density at radius 2 is 2.15 bits per heavy atom. The Hall–Kier alpha value is -1.41. The summed E-state index contributed by atoms with van der Waals surface area (Å²) in [4.78, 5) is 24.0. The van der Waals surface area contributed by atoms with Gasteiger partial charge >= 0.3 is 11.9 Å². The van der Waals surface area contributed by atoms with Crippen molar-refractivity contribution in [2.45, 2.75) is 77.6 Å². The molecule has 0 spiro atoms. The third-order valence-electron chi connectivity index (χ3n) is 8.83. The smallest absolute Gasteiger partial charge is 0.333 e. The van der Waals surface area contributed by atoms with Crippen LogP contribution in [0.1, 0.15) is 59.8 Å². The maximum Gasteiger partial charge on any atom is 0.333 e. The number of hydrogen-bond donors (Lipinski definition) is 3. The number of carbonyl (C=O) groups excluding carboxylic acids is 2. The first-order valence-electron chi connectivity index (χ1n) is 11.8. The van der Waals surface area contributed by atoms with E-state index < -0.39 is 40.6 Å². The van der Waals surface area contributed by atoms with E-state index in [0.717, 1.165) is 0 Å². The second-order valence-corrected chi connectivity index (χ2v) is 10.7. The summed E-state index contributed by atoms with van der Waals surface area (Å²) in [6.07, 6.45) is 3.66. The highest BCUT2D eigenvalue weighted by Gasteiger charge is 2.68. The van der Waals surface area contributed by atoms with E-state index in [2.05, 4.69) is 6.92 Å². The third-order valence-corrected chi connectivity index (χ3v) is 9.27. The minimum absolute atomic E-state index is 0.00421. The molecule has 0 unspecified atom stereocenters. The average molecular weight is 485 g/mol. The number of ether oxygens (including phenoxy) is 2. The van der Waals surface area contributed by atoms with Gasteiger partial charge in [0.1, 0.15) is 13.2 Å². The fourth-order valence-electron chi connectivity index (χ4n) is 6.44. The molecule has 2 saturated carbocycles.